The molecule has 0 amide bonds. The van der Waals surface area contributed by atoms with E-state index in [9.17, 15) is 9.18 Å². The van der Waals surface area contributed by atoms with Crippen LogP contribution in [-0.2, 0) is 0 Å². The Morgan fingerprint density at radius 2 is 1.69 bits per heavy atom. The van der Waals surface area contributed by atoms with Gasteiger partial charge < -0.3 is 4.74 Å². The van der Waals surface area contributed by atoms with E-state index in [1.54, 1.807) is 0 Å². The van der Waals surface area contributed by atoms with Crippen LogP contribution in [0.1, 0.15) is 0 Å². The molecule has 1 rings (SSSR count). The Balaban J connectivity index is 3.13. The smallest absolute Gasteiger partial charge is 0.394 e. The molecule has 0 aliphatic carbocycles. The van der Waals surface area contributed by atoms with Crippen molar-refractivity contribution in [1.82, 2.24) is 9.97 Å². The molecule has 0 spiro atoms. The van der Waals surface area contributed by atoms with Crippen molar-refractivity contribution in [2.75, 3.05) is 0 Å². The van der Waals surface area contributed by atoms with Crippen LogP contribution >= 0.6 is 34.8 Å². The van der Waals surface area contributed by atoms with Crippen LogP contribution in [0.3, 0.4) is 0 Å². The first-order valence-corrected chi connectivity index (χ1v) is 3.90. The topological polar surface area (TPSA) is 52.1 Å². The summed E-state index contributed by atoms with van der Waals surface area (Å²) in [7, 11) is 0. The Morgan fingerprint density at radius 1 is 1.23 bits per heavy atom. The molecule has 0 N–H and O–H groups in total. The molecule has 1 aromatic rings. The number of aromatic nitrogens is 2. The van der Waals surface area contributed by atoms with Crippen molar-refractivity contribution < 1.29 is 13.9 Å². The number of carbonyl (C=O) groups excluding carboxylic acids is 1. The molecule has 1 heterocycles. The van der Waals surface area contributed by atoms with E-state index in [4.69, 9.17) is 34.8 Å². The van der Waals surface area contributed by atoms with E-state index in [1.807, 2.05) is 0 Å². The highest BCUT2D eigenvalue weighted by molar-refractivity contribution is 6.37. The highest BCUT2D eigenvalue weighted by Crippen LogP contribution is 2.30. The van der Waals surface area contributed by atoms with Gasteiger partial charge in [-0.1, -0.05) is 23.2 Å². The van der Waals surface area contributed by atoms with Crippen LogP contribution in [0.25, 0.3) is 0 Å². The summed E-state index contributed by atoms with van der Waals surface area (Å²) >= 11 is 16.2. The summed E-state index contributed by atoms with van der Waals surface area (Å²) in [5.41, 5.74) is 0. The van der Waals surface area contributed by atoms with E-state index in [0.29, 0.717) is 0 Å². The van der Waals surface area contributed by atoms with Gasteiger partial charge in [0.1, 0.15) is 0 Å². The minimum Gasteiger partial charge on any atom is -0.394 e. The van der Waals surface area contributed by atoms with Gasteiger partial charge in [0.15, 0.2) is 10.3 Å². The molecule has 70 valence electrons. The van der Waals surface area contributed by atoms with Gasteiger partial charge in [-0.15, -0.1) is 4.39 Å². The van der Waals surface area contributed by atoms with Gasteiger partial charge in [0.05, 0.1) is 0 Å². The zero-order chi connectivity index (χ0) is 10.0. The summed E-state index contributed by atoms with van der Waals surface area (Å²) in [6.45, 7) is 0. The minimum absolute atomic E-state index is 0.228. The van der Waals surface area contributed by atoms with Crippen molar-refractivity contribution in [2.45, 2.75) is 0 Å². The summed E-state index contributed by atoms with van der Waals surface area (Å²) in [6, 6.07) is 0. The lowest BCUT2D eigenvalue weighted by molar-refractivity contribution is 0.175. The van der Waals surface area contributed by atoms with E-state index in [0.717, 1.165) is 0 Å². The third-order valence-electron chi connectivity index (χ3n) is 0.938. The second-order valence-corrected chi connectivity index (χ2v) is 2.80. The first-order chi connectivity index (χ1) is 6.00. The monoisotopic (exact) mass is 244 g/mol. The molecule has 8 heteroatoms. The van der Waals surface area contributed by atoms with Crippen LogP contribution in [0, 0.1) is 0 Å². The summed E-state index contributed by atoms with van der Waals surface area (Å²) < 4.78 is 15.8. The van der Waals surface area contributed by atoms with Crippen LogP contribution < -0.4 is 4.74 Å². The van der Waals surface area contributed by atoms with Crippen molar-refractivity contribution in [2.24, 2.45) is 0 Å². The lowest BCUT2D eigenvalue weighted by Gasteiger charge is -2.02. The molecular weight excluding hydrogens is 245 g/mol. The van der Waals surface area contributed by atoms with Gasteiger partial charge in [0.25, 0.3) is 0 Å². The lowest BCUT2D eigenvalue weighted by atomic mass is 10.6. The number of ether oxygens (including phenoxy) is 1. The molecule has 0 fully saturated rings. The molecule has 0 saturated carbocycles. The molecule has 13 heavy (non-hydrogen) atoms. The van der Waals surface area contributed by atoms with Gasteiger partial charge in [-0.05, 0) is 11.6 Å². The number of halogens is 4. The molecule has 0 unspecified atom stereocenters. The molecule has 0 aliphatic heterocycles. The average Bonchev–Trinajstić information content (AvgIpc) is 1.96. The van der Waals surface area contributed by atoms with Crippen LogP contribution in [0.4, 0.5) is 9.18 Å². The fourth-order valence-electron chi connectivity index (χ4n) is 0.538. The average molecular weight is 245 g/mol. The maximum absolute atomic E-state index is 11.8. The molecule has 1 aromatic heterocycles. The van der Waals surface area contributed by atoms with Crippen molar-refractivity contribution in [3.05, 3.63) is 15.6 Å². The Labute approximate surface area is 86.6 Å². The third-order valence-corrected chi connectivity index (χ3v) is 1.62. The van der Waals surface area contributed by atoms with Gasteiger partial charge in [-0.2, -0.15) is 0 Å². The summed E-state index contributed by atoms with van der Waals surface area (Å²) in [5.74, 6) is -0.458. The minimum atomic E-state index is -2.06. The highest BCUT2D eigenvalue weighted by Gasteiger charge is 2.15. The van der Waals surface area contributed by atoms with Crippen LogP contribution in [0.2, 0.25) is 15.6 Å². The second kappa shape index (κ2) is 4.04. The van der Waals surface area contributed by atoms with Crippen LogP contribution in [0.5, 0.6) is 5.75 Å². The van der Waals surface area contributed by atoms with E-state index >= 15 is 0 Å². The quantitative estimate of drug-likeness (QED) is 0.434. The van der Waals surface area contributed by atoms with E-state index in [-0.39, 0.29) is 15.6 Å². The summed E-state index contributed by atoms with van der Waals surface area (Å²) in [4.78, 5) is 16.7. The standard InChI is InChI=1S/C5Cl3FN2O2/c6-2-1(13-5(9)12)3(7)11-4(8)10-2. The molecule has 0 bridgehead atoms. The van der Waals surface area contributed by atoms with Crippen molar-refractivity contribution in [1.29, 1.82) is 0 Å². The maximum Gasteiger partial charge on any atom is 0.501 e. The molecular formula is C5Cl3FN2O2. The number of hydrogen-bond acceptors (Lipinski definition) is 4. The molecule has 0 radical (unpaired) electrons. The lowest BCUT2D eigenvalue weighted by Crippen LogP contribution is -2.01. The maximum atomic E-state index is 11.8. The zero-order valence-electron chi connectivity index (χ0n) is 5.72. The first kappa shape index (κ1) is 10.4. The molecule has 0 atom stereocenters. The fourth-order valence-corrected chi connectivity index (χ4v) is 1.26. The highest BCUT2D eigenvalue weighted by atomic mass is 35.5. The fraction of sp³-hybridized carbons (Fsp3) is 0. The van der Waals surface area contributed by atoms with E-state index in [2.05, 4.69) is 14.7 Å². The molecule has 0 aromatic carbocycles. The van der Waals surface area contributed by atoms with Gasteiger partial charge in [0, 0.05) is 0 Å². The zero-order valence-corrected chi connectivity index (χ0v) is 7.99. The second-order valence-electron chi connectivity index (χ2n) is 1.74. The van der Waals surface area contributed by atoms with Gasteiger partial charge in [-0.25, -0.2) is 14.8 Å². The van der Waals surface area contributed by atoms with E-state index < -0.39 is 12.0 Å². The molecule has 0 aliphatic rings. The van der Waals surface area contributed by atoms with E-state index in [1.165, 1.54) is 0 Å². The normalized spacial score (nSPS) is 9.85. The SMILES string of the molecule is O=C(F)Oc1c(Cl)nc(Cl)nc1Cl. The molecule has 0 saturated heterocycles. The van der Waals surface area contributed by atoms with Crippen molar-refractivity contribution >= 4 is 41.0 Å². The van der Waals surface area contributed by atoms with Gasteiger partial charge >= 0.3 is 6.22 Å². The van der Waals surface area contributed by atoms with Crippen molar-refractivity contribution in [3.8, 4) is 5.75 Å². The largest absolute Gasteiger partial charge is 0.501 e. The summed E-state index contributed by atoms with van der Waals surface area (Å²) in [5, 5.41) is -0.902. The Bertz CT molecular complexity index is 337. The van der Waals surface area contributed by atoms with Crippen LogP contribution in [0.15, 0.2) is 0 Å². The predicted octanol–water partition coefficient (Wildman–Crippen LogP) is 2.91. The van der Waals surface area contributed by atoms with Crippen LogP contribution in [-0.4, -0.2) is 16.2 Å². The first-order valence-electron chi connectivity index (χ1n) is 2.76. The van der Waals surface area contributed by atoms with Crippen molar-refractivity contribution in [3.63, 3.8) is 0 Å². The Hall–Kier alpha value is -0.650. The third kappa shape index (κ3) is 2.65. The summed E-state index contributed by atoms with van der Waals surface area (Å²) in [6.07, 6.45) is -2.06. The number of hydrogen-bond donors (Lipinski definition) is 0. The number of rotatable bonds is 1. The Kier molecular flexibility index (Phi) is 3.24. The Morgan fingerprint density at radius 3 is 2.08 bits per heavy atom. The van der Waals surface area contributed by atoms with Gasteiger partial charge in [-0.3, -0.25) is 0 Å². The van der Waals surface area contributed by atoms with Gasteiger partial charge in [0.2, 0.25) is 11.0 Å². The number of carbonyl (C=O) groups is 1. The number of nitrogens with zero attached hydrogens (tertiary/aromatic N) is 2. The predicted molar refractivity (Wildman–Crippen MR) is 44.2 cm³/mol. The molecule has 4 nitrogen and oxygen atoms in total.